The van der Waals surface area contributed by atoms with Crippen molar-refractivity contribution in [3.63, 3.8) is 0 Å². The van der Waals surface area contributed by atoms with Crippen LogP contribution < -0.4 is 4.74 Å². The van der Waals surface area contributed by atoms with E-state index in [4.69, 9.17) is 4.74 Å². The molecule has 4 nitrogen and oxygen atoms in total. The molecule has 2 aromatic heterocycles. The number of hydrogen-bond donors (Lipinski definition) is 0. The first-order chi connectivity index (χ1) is 10.4. The number of hydrogen-bond acceptors (Lipinski definition) is 3. The number of nitrogens with zero attached hydrogens (tertiary/aromatic N) is 3. The summed E-state index contributed by atoms with van der Waals surface area (Å²) in [4.78, 5) is 6.87. The van der Waals surface area contributed by atoms with Crippen LogP contribution in [-0.2, 0) is 6.54 Å². The molecule has 1 fully saturated rings. The zero-order valence-electron chi connectivity index (χ0n) is 12.2. The molecule has 0 saturated heterocycles. The highest BCUT2D eigenvalue weighted by atomic mass is 16.5. The zero-order chi connectivity index (χ0) is 14.1. The van der Waals surface area contributed by atoms with Crippen molar-refractivity contribution in [1.29, 1.82) is 0 Å². The highest BCUT2D eigenvalue weighted by Crippen LogP contribution is 2.31. The van der Waals surface area contributed by atoms with Crippen LogP contribution in [0.2, 0.25) is 0 Å². The van der Waals surface area contributed by atoms with Crippen LogP contribution in [-0.4, -0.2) is 33.6 Å². The molecular formula is C17H21N3O. The Morgan fingerprint density at radius 2 is 2.14 bits per heavy atom. The van der Waals surface area contributed by atoms with E-state index in [0.29, 0.717) is 18.5 Å². The monoisotopic (exact) mass is 283 g/mol. The van der Waals surface area contributed by atoms with Crippen molar-refractivity contribution in [3.05, 3.63) is 48.4 Å². The molecule has 0 radical (unpaired) electrons. The molecule has 4 heteroatoms. The van der Waals surface area contributed by atoms with Crippen LogP contribution in [0.3, 0.4) is 0 Å². The summed E-state index contributed by atoms with van der Waals surface area (Å²) in [5.41, 5.74) is 1.41. The molecule has 2 aliphatic rings. The Labute approximate surface area is 125 Å². The van der Waals surface area contributed by atoms with Crippen LogP contribution in [0.25, 0.3) is 0 Å². The Morgan fingerprint density at radius 3 is 2.90 bits per heavy atom. The van der Waals surface area contributed by atoms with Gasteiger partial charge in [0.25, 0.3) is 0 Å². The van der Waals surface area contributed by atoms with Crippen LogP contribution in [0.5, 0.6) is 5.88 Å². The van der Waals surface area contributed by atoms with E-state index in [-0.39, 0.29) is 0 Å². The number of pyridine rings is 1. The molecule has 4 rings (SSSR count). The molecule has 1 saturated carbocycles. The second kappa shape index (κ2) is 5.53. The van der Waals surface area contributed by atoms with Gasteiger partial charge in [0, 0.05) is 43.3 Å². The predicted molar refractivity (Wildman–Crippen MR) is 81.3 cm³/mol. The first kappa shape index (κ1) is 12.9. The molecule has 3 heterocycles. The van der Waals surface area contributed by atoms with Gasteiger partial charge < -0.3 is 9.30 Å². The summed E-state index contributed by atoms with van der Waals surface area (Å²) in [6.07, 6.45) is 8.05. The molecule has 0 amide bonds. The van der Waals surface area contributed by atoms with Gasteiger partial charge in [0.05, 0.1) is 6.04 Å². The van der Waals surface area contributed by atoms with E-state index in [1.165, 1.54) is 25.0 Å². The lowest BCUT2D eigenvalue weighted by Gasteiger charge is -2.43. The van der Waals surface area contributed by atoms with Gasteiger partial charge >= 0.3 is 0 Å². The fourth-order valence-corrected chi connectivity index (χ4v) is 3.33. The number of fused-ring (bicyclic) bond motifs is 1. The lowest BCUT2D eigenvalue weighted by molar-refractivity contribution is 0.0648. The maximum Gasteiger partial charge on any atom is 0.213 e. The standard InChI is InChI=1S/C17H21N3O/c1-2-9-18-17(8-1)21-13-16-12-19(14-5-3-6-14)11-15-7-4-10-20(15)16/h1-2,4,7-10,14,16H,3,5-6,11-13H2/t16-/m0/s1. The van der Waals surface area contributed by atoms with E-state index in [0.717, 1.165) is 19.1 Å². The summed E-state index contributed by atoms with van der Waals surface area (Å²) < 4.78 is 8.27. The maximum atomic E-state index is 5.89. The quantitative estimate of drug-likeness (QED) is 0.864. The first-order valence-electron chi connectivity index (χ1n) is 7.84. The maximum absolute atomic E-state index is 5.89. The normalized spacial score (nSPS) is 22.6. The van der Waals surface area contributed by atoms with Gasteiger partial charge in [-0.2, -0.15) is 0 Å². The van der Waals surface area contributed by atoms with Crippen molar-refractivity contribution < 1.29 is 4.74 Å². The number of aromatic nitrogens is 2. The summed E-state index contributed by atoms with van der Waals surface area (Å²) in [5.74, 6) is 0.715. The third kappa shape index (κ3) is 2.56. The second-order valence-corrected chi connectivity index (χ2v) is 6.05. The molecule has 1 atom stereocenters. The summed E-state index contributed by atoms with van der Waals surface area (Å²) in [5, 5.41) is 0. The average molecular weight is 283 g/mol. The van der Waals surface area contributed by atoms with Crippen LogP contribution in [0.15, 0.2) is 42.7 Å². The van der Waals surface area contributed by atoms with Crippen LogP contribution >= 0.6 is 0 Å². The summed E-state index contributed by atoms with van der Waals surface area (Å²) in [7, 11) is 0. The van der Waals surface area contributed by atoms with Gasteiger partial charge in [-0.15, -0.1) is 0 Å². The molecule has 1 aliphatic carbocycles. The lowest BCUT2D eigenvalue weighted by atomic mass is 9.90. The molecule has 0 spiro atoms. The van der Waals surface area contributed by atoms with Gasteiger partial charge in [0.1, 0.15) is 6.61 Å². The zero-order valence-corrected chi connectivity index (χ0v) is 12.2. The van der Waals surface area contributed by atoms with Gasteiger partial charge in [-0.05, 0) is 31.0 Å². The smallest absolute Gasteiger partial charge is 0.213 e. The molecule has 2 aromatic rings. The molecule has 1 aliphatic heterocycles. The third-order valence-electron chi connectivity index (χ3n) is 4.72. The van der Waals surface area contributed by atoms with Crippen molar-refractivity contribution in [2.75, 3.05) is 13.2 Å². The molecular weight excluding hydrogens is 262 g/mol. The van der Waals surface area contributed by atoms with Gasteiger partial charge in [0.15, 0.2) is 0 Å². The molecule has 0 aromatic carbocycles. The summed E-state index contributed by atoms with van der Waals surface area (Å²) in [6.45, 7) is 2.85. The first-order valence-corrected chi connectivity index (χ1v) is 7.84. The largest absolute Gasteiger partial charge is 0.475 e. The van der Waals surface area contributed by atoms with Crippen molar-refractivity contribution in [2.24, 2.45) is 0 Å². The van der Waals surface area contributed by atoms with E-state index < -0.39 is 0 Å². The Hall–Kier alpha value is -1.81. The molecule has 0 bridgehead atoms. The van der Waals surface area contributed by atoms with E-state index in [2.05, 4.69) is 32.8 Å². The van der Waals surface area contributed by atoms with E-state index in [1.807, 2.05) is 18.2 Å². The Balaban J connectivity index is 1.48. The molecule has 0 unspecified atom stereocenters. The fraction of sp³-hybridized carbons (Fsp3) is 0.471. The summed E-state index contributed by atoms with van der Waals surface area (Å²) in [6, 6.07) is 11.3. The lowest BCUT2D eigenvalue weighted by Crippen LogP contribution is -2.47. The van der Waals surface area contributed by atoms with Crippen molar-refractivity contribution >= 4 is 0 Å². The number of ether oxygens (including phenoxy) is 1. The minimum absolute atomic E-state index is 0.381. The molecule has 110 valence electrons. The average Bonchev–Trinajstić information content (AvgIpc) is 2.92. The Kier molecular flexibility index (Phi) is 3.39. The van der Waals surface area contributed by atoms with E-state index in [1.54, 1.807) is 6.20 Å². The van der Waals surface area contributed by atoms with Gasteiger partial charge in [-0.3, -0.25) is 4.90 Å². The molecule has 0 N–H and O–H groups in total. The van der Waals surface area contributed by atoms with Crippen LogP contribution in [0.1, 0.15) is 31.0 Å². The Morgan fingerprint density at radius 1 is 1.19 bits per heavy atom. The van der Waals surface area contributed by atoms with Gasteiger partial charge in [-0.25, -0.2) is 4.98 Å². The van der Waals surface area contributed by atoms with Gasteiger partial charge in [-0.1, -0.05) is 12.5 Å². The summed E-state index contributed by atoms with van der Waals surface area (Å²) >= 11 is 0. The highest BCUT2D eigenvalue weighted by molar-refractivity contribution is 5.13. The van der Waals surface area contributed by atoms with Gasteiger partial charge in [0.2, 0.25) is 5.88 Å². The minimum Gasteiger partial charge on any atom is -0.475 e. The fourth-order valence-electron chi connectivity index (χ4n) is 3.33. The number of rotatable bonds is 4. The van der Waals surface area contributed by atoms with Crippen molar-refractivity contribution in [3.8, 4) is 5.88 Å². The van der Waals surface area contributed by atoms with Crippen molar-refractivity contribution in [1.82, 2.24) is 14.5 Å². The predicted octanol–water partition coefficient (Wildman–Crippen LogP) is 2.87. The highest BCUT2D eigenvalue weighted by Gasteiger charge is 2.32. The molecule has 21 heavy (non-hydrogen) atoms. The van der Waals surface area contributed by atoms with Crippen LogP contribution in [0.4, 0.5) is 0 Å². The minimum atomic E-state index is 0.381. The third-order valence-corrected chi connectivity index (χ3v) is 4.72. The topological polar surface area (TPSA) is 30.3 Å². The van der Waals surface area contributed by atoms with Crippen LogP contribution in [0, 0.1) is 0 Å². The van der Waals surface area contributed by atoms with Crippen molar-refractivity contribution in [2.45, 2.75) is 37.9 Å². The SMILES string of the molecule is c1ccc(OC[C@@H]2CN(C3CCC3)Cc3cccn32)nc1. The Bertz CT molecular complexity index is 591. The van der Waals surface area contributed by atoms with E-state index >= 15 is 0 Å². The second-order valence-electron chi connectivity index (χ2n) is 6.05. The van der Waals surface area contributed by atoms with E-state index in [9.17, 15) is 0 Å².